The summed E-state index contributed by atoms with van der Waals surface area (Å²) in [5.74, 6) is 0. The molecule has 1 aromatic rings. The van der Waals surface area contributed by atoms with Gasteiger partial charge >= 0.3 is 0 Å². The molecule has 0 aliphatic heterocycles. The predicted molar refractivity (Wildman–Crippen MR) is 63.1 cm³/mol. The molecule has 90 valence electrons. The number of hydrogen-bond donors (Lipinski definition) is 2. The maximum Gasteiger partial charge on any atom is 0.0951 e. The fourth-order valence-electron chi connectivity index (χ4n) is 1.84. The van der Waals surface area contributed by atoms with E-state index in [4.69, 9.17) is 0 Å². The normalized spacial score (nSPS) is 17.6. The van der Waals surface area contributed by atoms with Crippen molar-refractivity contribution in [2.75, 3.05) is 6.54 Å². The first-order valence-electron chi connectivity index (χ1n) is 6.20. The lowest BCUT2D eigenvalue weighted by Crippen LogP contribution is -2.21. The van der Waals surface area contributed by atoms with E-state index in [0.29, 0.717) is 6.04 Å². The van der Waals surface area contributed by atoms with Crippen molar-refractivity contribution in [2.24, 2.45) is 0 Å². The van der Waals surface area contributed by atoms with Crippen LogP contribution < -0.4 is 5.32 Å². The molecule has 4 nitrogen and oxygen atoms in total. The molecule has 0 radical (unpaired) electrons. The van der Waals surface area contributed by atoms with Gasteiger partial charge in [0.1, 0.15) is 0 Å². The van der Waals surface area contributed by atoms with Gasteiger partial charge < -0.3 is 15.0 Å². The lowest BCUT2D eigenvalue weighted by Gasteiger charge is -2.10. The van der Waals surface area contributed by atoms with Crippen molar-refractivity contribution in [2.45, 2.75) is 51.3 Å². The largest absolute Gasteiger partial charge is 0.393 e. The fourth-order valence-corrected chi connectivity index (χ4v) is 1.84. The number of hydrogen-bond acceptors (Lipinski definition) is 3. The standard InChI is InChI=1S/C12H21N3O/c1-2-12(16)5-6-13-7-11-8-14-9-15(11)10-3-4-10/h8-10,12-13,16H,2-7H2,1H3. The maximum atomic E-state index is 9.41. The second-order valence-electron chi connectivity index (χ2n) is 4.55. The van der Waals surface area contributed by atoms with E-state index in [2.05, 4.69) is 14.9 Å². The molecular formula is C12H21N3O. The molecule has 0 saturated heterocycles. The van der Waals surface area contributed by atoms with Crippen LogP contribution in [-0.4, -0.2) is 27.3 Å². The summed E-state index contributed by atoms with van der Waals surface area (Å²) >= 11 is 0. The second-order valence-corrected chi connectivity index (χ2v) is 4.55. The van der Waals surface area contributed by atoms with Crippen molar-refractivity contribution in [3.8, 4) is 0 Å². The number of imidazole rings is 1. The van der Waals surface area contributed by atoms with Gasteiger partial charge in [0.15, 0.2) is 0 Å². The van der Waals surface area contributed by atoms with E-state index in [9.17, 15) is 5.11 Å². The lowest BCUT2D eigenvalue weighted by molar-refractivity contribution is 0.159. The number of aliphatic hydroxyl groups is 1. The molecule has 1 saturated carbocycles. The van der Waals surface area contributed by atoms with E-state index in [1.54, 1.807) is 0 Å². The van der Waals surface area contributed by atoms with E-state index in [1.807, 2.05) is 19.4 Å². The third kappa shape index (κ3) is 3.06. The van der Waals surface area contributed by atoms with Crippen LogP contribution in [0.4, 0.5) is 0 Å². The minimum atomic E-state index is -0.166. The Morgan fingerprint density at radius 2 is 2.44 bits per heavy atom. The van der Waals surface area contributed by atoms with E-state index in [-0.39, 0.29) is 6.10 Å². The lowest BCUT2D eigenvalue weighted by atomic mass is 10.2. The van der Waals surface area contributed by atoms with Gasteiger partial charge in [-0.15, -0.1) is 0 Å². The van der Waals surface area contributed by atoms with Crippen molar-refractivity contribution in [3.05, 3.63) is 18.2 Å². The summed E-state index contributed by atoms with van der Waals surface area (Å²) in [6.07, 6.45) is 7.93. The van der Waals surface area contributed by atoms with Crippen LogP contribution >= 0.6 is 0 Å². The maximum absolute atomic E-state index is 9.41. The fraction of sp³-hybridized carbons (Fsp3) is 0.750. The summed E-state index contributed by atoms with van der Waals surface area (Å²) in [5, 5.41) is 12.8. The van der Waals surface area contributed by atoms with Gasteiger partial charge in [0, 0.05) is 18.8 Å². The first-order chi connectivity index (χ1) is 7.81. The summed E-state index contributed by atoms with van der Waals surface area (Å²) in [6.45, 7) is 3.73. The van der Waals surface area contributed by atoms with E-state index >= 15 is 0 Å². The number of aliphatic hydroxyl groups excluding tert-OH is 1. The van der Waals surface area contributed by atoms with Crippen LogP contribution in [0, 0.1) is 0 Å². The first-order valence-corrected chi connectivity index (χ1v) is 6.20. The Hall–Kier alpha value is -0.870. The van der Waals surface area contributed by atoms with Crippen LogP contribution in [0.1, 0.15) is 44.3 Å². The topological polar surface area (TPSA) is 50.1 Å². The Labute approximate surface area is 96.7 Å². The minimum absolute atomic E-state index is 0.166. The van der Waals surface area contributed by atoms with Crippen molar-refractivity contribution >= 4 is 0 Å². The molecule has 0 bridgehead atoms. The SMILES string of the molecule is CCC(O)CCNCc1cncn1C1CC1. The third-order valence-electron chi connectivity index (χ3n) is 3.12. The summed E-state index contributed by atoms with van der Waals surface area (Å²) < 4.78 is 2.27. The molecule has 2 rings (SSSR count). The zero-order valence-electron chi connectivity index (χ0n) is 9.89. The van der Waals surface area contributed by atoms with E-state index < -0.39 is 0 Å². The van der Waals surface area contributed by atoms with Crippen LogP contribution in [0.3, 0.4) is 0 Å². The highest BCUT2D eigenvalue weighted by Gasteiger charge is 2.24. The zero-order valence-corrected chi connectivity index (χ0v) is 9.89. The number of rotatable bonds is 7. The Balaban J connectivity index is 1.70. The average molecular weight is 223 g/mol. The second kappa shape index (κ2) is 5.46. The smallest absolute Gasteiger partial charge is 0.0951 e. The number of nitrogens with one attached hydrogen (secondary N) is 1. The Morgan fingerprint density at radius 3 is 3.12 bits per heavy atom. The summed E-state index contributed by atoms with van der Waals surface area (Å²) in [6, 6.07) is 0.695. The van der Waals surface area contributed by atoms with Gasteiger partial charge in [-0.05, 0) is 32.2 Å². The summed E-state index contributed by atoms with van der Waals surface area (Å²) in [5.41, 5.74) is 1.26. The molecule has 4 heteroatoms. The van der Waals surface area contributed by atoms with Gasteiger partial charge in [-0.3, -0.25) is 0 Å². The highest BCUT2D eigenvalue weighted by atomic mass is 16.3. The average Bonchev–Trinajstić information content (AvgIpc) is 3.04. The molecule has 2 N–H and O–H groups in total. The van der Waals surface area contributed by atoms with Crippen LogP contribution in [0.5, 0.6) is 0 Å². The third-order valence-corrected chi connectivity index (χ3v) is 3.12. The quantitative estimate of drug-likeness (QED) is 0.688. The monoisotopic (exact) mass is 223 g/mol. The molecule has 0 amide bonds. The van der Waals surface area contributed by atoms with Gasteiger partial charge in [-0.1, -0.05) is 6.92 Å². The molecule has 1 aliphatic rings. The Morgan fingerprint density at radius 1 is 1.62 bits per heavy atom. The number of aromatic nitrogens is 2. The van der Waals surface area contributed by atoms with Gasteiger partial charge in [-0.2, -0.15) is 0 Å². The molecule has 1 aliphatic carbocycles. The van der Waals surface area contributed by atoms with Crippen molar-refractivity contribution in [3.63, 3.8) is 0 Å². The van der Waals surface area contributed by atoms with Gasteiger partial charge in [0.2, 0.25) is 0 Å². The summed E-state index contributed by atoms with van der Waals surface area (Å²) in [7, 11) is 0. The molecule has 0 aromatic carbocycles. The first kappa shape index (κ1) is 11.6. The zero-order chi connectivity index (χ0) is 11.4. The summed E-state index contributed by atoms with van der Waals surface area (Å²) in [4.78, 5) is 4.19. The van der Waals surface area contributed by atoms with Crippen molar-refractivity contribution < 1.29 is 5.11 Å². The molecule has 1 aromatic heterocycles. The molecule has 16 heavy (non-hydrogen) atoms. The number of nitrogens with zero attached hydrogens (tertiary/aromatic N) is 2. The molecule has 0 spiro atoms. The van der Waals surface area contributed by atoms with Gasteiger partial charge in [0.25, 0.3) is 0 Å². The van der Waals surface area contributed by atoms with Gasteiger partial charge in [0.05, 0.1) is 18.1 Å². The van der Waals surface area contributed by atoms with Crippen LogP contribution in [-0.2, 0) is 6.54 Å². The minimum Gasteiger partial charge on any atom is -0.393 e. The highest BCUT2D eigenvalue weighted by molar-refractivity contribution is 5.03. The van der Waals surface area contributed by atoms with E-state index in [0.717, 1.165) is 25.9 Å². The van der Waals surface area contributed by atoms with Gasteiger partial charge in [-0.25, -0.2) is 4.98 Å². The molecule has 1 heterocycles. The van der Waals surface area contributed by atoms with E-state index in [1.165, 1.54) is 18.5 Å². The van der Waals surface area contributed by atoms with Crippen LogP contribution in [0.15, 0.2) is 12.5 Å². The van der Waals surface area contributed by atoms with Crippen molar-refractivity contribution in [1.29, 1.82) is 0 Å². The van der Waals surface area contributed by atoms with Crippen LogP contribution in [0.2, 0.25) is 0 Å². The molecule has 1 fully saturated rings. The van der Waals surface area contributed by atoms with Crippen molar-refractivity contribution in [1.82, 2.24) is 14.9 Å². The molecule has 1 unspecified atom stereocenters. The Kier molecular flexibility index (Phi) is 3.96. The molecule has 1 atom stereocenters. The highest BCUT2D eigenvalue weighted by Crippen LogP contribution is 2.35. The molecular weight excluding hydrogens is 202 g/mol. The predicted octanol–water partition coefficient (Wildman–Crippen LogP) is 1.47. The Bertz CT molecular complexity index is 320. The van der Waals surface area contributed by atoms with Crippen LogP contribution in [0.25, 0.3) is 0 Å².